The summed E-state index contributed by atoms with van der Waals surface area (Å²) >= 11 is 0. The van der Waals surface area contributed by atoms with Gasteiger partial charge in [0, 0.05) is 18.5 Å². The lowest BCUT2D eigenvalue weighted by atomic mass is 10.1. The number of fused-ring (bicyclic) bond motifs is 1. The van der Waals surface area contributed by atoms with Crippen LogP contribution < -0.4 is 5.56 Å². The first-order valence-corrected chi connectivity index (χ1v) is 9.47. The zero-order valence-electron chi connectivity index (χ0n) is 16.4. The van der Waals surface area contributed by atoms with Gasteiger partial charge in [-0.3, -0.25) is 14.3 Å². The number of rotatable bonds is 3. The summed E-state index contributed by atoms with van der Waals surface area (Å²) in [4.78, 5) is 27.6. The van der Waals surface area contributed by atoms with Crippen molar-refractivity contribution < 1.29 is 4.79 Å². The second kappa shape index (κ2) is 6.85. The summed E-state index contributed by atoms with van der Waals surface area (Å²) in [5, 5.41) is 9.76. The van der Waals surface area contributed by atoms with Crippen molar-refractivity contribution in [2.45, 2.75) is 71.9 Å². The minimum Gasteiger partial charge on any atom is -0.341 e. The molecule has 2 aromatic heterocycles. The predicted octanol–water partition coefficient (Wildman–Crippen LogP) is 2.48. The maximum absolute atomic E-state index is 13.1. The molecule has 2 aromatic rings. The first kappa shape index (κ1) is 18.6. The fraction of sp³-hybridized carbons (Fsp3) is 0.684. The molecule has 0 aromatic carbocycles. The van der Waals surface area contributed by atoms with E-state index in [2.05, 4.69) is 10.2 Å². The van der Waals surface area contributed by atoms with E-state index in [1.54, 1.807) is 10.9 Å². The number of piperidine rings is 1. The van der Waals surface area contributed by atoms with Crippen molar-refractivity contribution in [3.63, 3.8) is 0 Å². The molecule has 0 N–H and O–H groups in total. The Balaban J connectivity index is 2.09. The van der Waals surface area contributed by atoms with Crippen molar-refractivity contribution in [3.8, 4) is 0 Å². The van der Waals surface area contributed by atoms with E-state index in [1.165, 1.54) is 4.68 Å². The summed E-state index contributed by atoms with van der Waals surface area (Å²) in [5.41, 5.74) is 0.761. The molecule has 0 radical (unpaired) electrons. The Kier molecular flexibility index (Phi) is 4.90. The topological polar surface area (TPSA) is 73.0 Å². The second-order valence-corrected chi connectivity index (χ2v) is 8.43. The Hall–Kier alpha value is -2.18. The third-order valence-electron chi connectivity index (χ3n) is 4.89. The molecular formula is C19H29N5O2. The third kappa shape index (κ3) is 3.39. The van der Waals surface area contributed by atoms with Crippen molar-refractivity contribution in [1.29, 1.82) is 0 Å². The smallest absolute Gasteiger partial charge is 0.293 e. The van der Waals surface area contributed by atoms with Crippen molar-refractivity contribution in [3.05, 3.63) is 22.2 Å². The fourth-order valence-corrected chi connectivity index (χ4v) is 3.51. The lowest BCUT2D eigenvalue weighted by Gasteiger charge is -2.27. The highest BCUT2D eigenvalue weighted by Gasteiger charge is 2.25. The molecule has 0 spiro atoms. The van der Waals surface area contributed by atoms with Gasteiger partial charge in [0.05, 0.1) is 17.4 Å². The molecule has 3 heterocycles. The summed E-state index contributed by atoms with van der Waals surface area (Å²) in [7, 11) is 0. The van der Waals surface area contributed by atoms with Crippen LogP contribution in [0.25, 0.3) is 10.9 Å². The van der Waals surface area contributed by atoms with Crippen LogP contribution in [0.5, 0.6) is 0 Å². The van der Waals surface area contributed by atoms with Crippen LogP contribution in [0.4, 0.5) is 0 Å². The molecule has 26 heavy (non-hydrogen) atoms. The molecule has 0 saturated carbocycles. The number of aromatic nitrogens is 4. The van der Waals surface area contributed by atoms with Gasteiger partial charge in [0.25, 0.3) is 5.56 Å². The summed E-state index contributed by atoms with van der Waals surface area (Å²) in [6.07, 6.45) is 4.94. The van der Waals surface area contributed by atoms with Gasteiger partial charge >= 0.3 is 0 Å². The van der Waals surface area contributed by atoms with Gasteiger partial charge in [0.2, 0.25) is 5.91 Å². The molecule has 7 nitrogen and oxygen atoms in total. The van der Waals surface area contributed by atoms with Gasteiger partial charge in [-0.2, -0.15) is 10.2 Å². The van der Waals surface area contributed by atoms with Crippen LogP contribution in [0.15, 0.2) is 11.0 Å². The molecule has 0 unspecified atom stereocenters. The van der Waals surface area contributed by atoms with Crippen LogP contribution in [0.3, 0.4) is 0 Å². The minimum atomic E-state index is -0.328. The molecule has 1 fully saturated rings. The highest BCUT2D eigenvalue weighted by atomic mass is 16.2. The monoisotopic (exact) mass is 359 g/mol. The second-order valence-electron chi connectivity index (χ2n) is 8.43. The van der Waals surface area contributed by atoms with Gasteiger partial charge in [-0.15, -0.1) is 0 Å². The minimum absolute atomic E-state index is 0.0101. The molecule has 1 amide bonds. The van der Waals surface area contributed by atoms with Gasteiger partial charge in [-0.05, 0) is 46.0 Å². The molecule has 1 aliphatic rings. The van der Waals surface area contributed by atoms with Crippen molar-refractivity contribution in [2.75, 3.05) is 13.1 Å². The summed E-state index contributed by atoms with van der Waals surface area (Å²) in [5.74, 6) is 0.0993. The number of hydrogen-bond acceptors (Lipinski definition) is 4. The van der Waals surface area contributed by atoms with Crippen LogP contribution in [0.2, 0.25) is 0 Å². The maximum Gasteiger partial charge on any atom is 0.293 e. The molecular weight excluding hydrogens is 330 g/mol. The number of amides is 1. The lowest BCUT2D eigenvalue weighted by molar-refractivity contribution is -0.133. The summed E-state index contributed by atoms with van der Waals surface area (Å²) < 4.78 is 3.08. The molecule has 1 saturated heterocycles. The number of hydrogen-bond donors (Lipinski definition) is 0. The lowest BCUT2D eigenvalue weighted by Crippen LogP contribution is -2.41. The number of carbonyl (C=O) groups is 1. The summed E-state index contributed by atoms with van der Waals surface area (Å²) in [6.45, 7) is 11.6. The van der Waals surface area contributed by atoms with Crippen LogP contribution in [-0.4, -0.2) is 43.5 Å². The summed E-state index contributed by atoms with van der Waals surface area (Å²) in [6, 6.07) is 0. The van der Waals surface area contributed by atoms with Crippen molar-refractivity contribution in [2.24, 2.45) is 0 Å². The molecule has 0 aliphatic carbocycles. The van der Waals surface area contributed by atoms with Gasteiger partial charge in [0.15, 0.2) is 0 Å². The van der Waals surface area contributed by atoms with E-state index in [1.807, 2.05) is 39.5 Å². The predicted molar refractivity (Wildman–Crippen MR) is 101 cm³/mol. The zero-order valence-corrected chi connectivity index (χ0v) is 16.4. The molecule has 0 atom stereocenters. The molecule has 142 valence electrons. The number of carbonyl (C=O) groups excluding carboxylic acids is 1. The van der Waals surface area contributed by atoms with Crippen molar-refractivity contribution >= 4 is 16.8 Å². The van der Waals surface area contributed by atoms with Gasteiger partial charge < -0.3 is 4.90 Å². The van der Waals surface area contributed by atoms with Crippen LogP contribution in [-0.2, 0) is 16.9 Å². The standard InChI is InChI=1S/C19H29N5O2/c1-13(2)16-14-11-20-24(19(3,4)5)17(14)18(26)23(21-16)12-15(25)22-9-7-6-8-10-22/h11,13H,6-10,12H2,1-5H3. The average molecular weight is 359 g/mol. The highest BCUT2D eigenvalue weighted by molar-refractivity contribution is 5.81. The molecule has 7 heteroatoms. The first-order chi connectivity index (χ1) is 12.2. The molecule has 3 rings (SSSR count). The van der Waals surface area contributed by atoms with Gasteiger partial charge in [-0.25, -0.2) is 4.68 Å². The Morgan fingerprint density at radius 3 is 2.42 bits per heavy atom. The van der Waals surface area contributed by atoms with E-state index in [9.17, 15) is 9.59 Å². The Morgan fingerprint density at radius 2 is 1.85 bits per heavy atom. The SMILES string of the molecule is CC(C)c1nn(CC(=O)N2CCCCC2)c(=O)c2c1cnn2C(C)(C)C. The largest absolute Gasteiger partial charge is 0.341 e. The number of nitrogens with zero attached hydrogens (tertiary/aromatic N) is 5. The van der Waals surface area contributed by atoms with E-state index >= 15 is 0 Å². The highest BCUT2D eigenvalue weighted by Crippen LogP contribution is 2.24. The van der Waals surface area contributed by atoms with E-state index in [0.717, 1.165) is 43.4 Å². The van der Waals surface area contributed by atoms with E-state index < -0.39 is 0 Å². The van der Waals surface area contributed by atoms with Crippen LogP contribution in [0.1, 0.15) is 65.5 Å². The van der Waals surface area contributed by atoms with E-state index in [0.29, 0.717) is 5.52 Å². The Bertz CT molecular complexity index is 866. The van der Waals surface area contributed by atoms with E-state index in [4.69, 9.17) is 0 Å². The van der Waals surface area contributed by atoms with Crippen LogP contribution in [0, 0.1) is 0 Å². The Labute approximate surface area is 154 Å². The third-order valence-corrected chi connectivity index (χ3v) is 4.89. The van der Waals surface area contributed by atoms with Crippen molar-refractivity contribution in [1.82, 2.24) is 24.5 Å². The van der Waals surface area contributed by atoms with Gasteiger partial charge in [-0.1, -0.05) is 13.8 Å². The van der Waals surface area contributed by atoms with Gasteiger partial charge in [0.1, 0.15) is 12.1 Å². The Morgan fingerprint density at radius 1 is 1.19 bits per heavy atom. The molecule has 0 bridgehead atoms. The first-order valence-electron chi connectivity index (χ1n) is 9.47. The maximum atomic E-state index is 13.1. The van der Waals surface area contributed by atoms with E-state index in [-0.39, 0.29) is 29.5 Å². The quantitative estimate of drug-likeness (QED) is 0.844. The average Bonchev–Trinajstić information content (AvgIpc) is 3.03. The number of likely N-dealkylation sites (tertiary alicyclic amines) is 1. The van der Waals surface area contributed by atoms with Crippen LogP contribution >= 0.6 is 0 Å². The normalized spacial score (nSPS) is 15.8. The fourth-order valence-electron chi connectivity index (χ4n) is 3.51. The molecule has 1 aliphatic heterocycles. The zero-order chi connectivity index (χ0) is 19.1.